The van der Waals surface area contributed by atoms with Crippen molar-refractivity contribution in [1.29, 1.82) is 0 Å². The Labute approximate surface area is 277 Å². The Balaban J connectivity index is 0.000000388. The van der Waals surface area contributed by atoms with E-state index in [0.717, 1.165) is 40.4 Å². The molecule has 9 heteroatoms. The van der Waals surface area contributed by atoms with Crippen LogP contribution in [0.15, 0.2) is 71.0 Å². The van der Waals surface area contributed by atoms with Gasteiger partial charge in [-0.1, -0.05) is 81.7 Å². The quantitative estimate of drug-likeness (QED) is 0.0541. The van der Waals surface area contributed by atoms with Crippen molar-refractivity contribution in [2.75, 3.05) is 18.9 Å². The number of Topliss-reactive ketones (excluding diaryl/α,β-unsaturated/α-hetero) is 2. The Kier molecular flexibility index (Phi) is 14.3. The minimum atomic E-state index is -0.433. The zero-order valence-corrected chi connectivity index (χ0v) is 29.4. The zero-order chi connectivity index (χ0) is 30.8. The third kappa shape index (κ3) is 10.4. The molecule has 0 unspecified atom stereocenters. The Morgan fingerprint density at radius 2 is 1.49 bits per heavy atom. The maximum Gasteiger partial charge on any atom is 0.229 e. The van der Waals surface area contributed by atoms with Crippen molar-refractivity contribution < 1.29 is 14.4 Å². The molecule has 6 nitrogen and oxygen atoms in total. The van der Waals surface area contributed by atoms with Gasteiger partial charge in [-0.2, -0.15) is 0 Å². The maximum atomic E-state index is 12.7. The van der Waals surface area contributed by atoms with E-state index in [1.807, 2.05) is 73.9 Å². The van der Waals surface area contributed by atoms with Crippen LogP contribution in [0.2, 0.25) is 0 Å². The van der Waals surface area contributed by atoms with Crippen LogP contribution in [0.4, 0.5) is 5.69 Å². The fourth-order valence-corrected chi connectivity index (χ4v) is 4.92. The molecule has 0 aliphatic rings. The van der Waals surface area contributed by atoms with Gasteiger partial charge in [0.2, 0.25) is 17.3 Å². The molecule has 1 heterocycles. The number of ketones is 3. The number of hydrogen-bond donors (Lipinski definition) is 0. The Morgan fingerprint density at radius 1 is 0.907 bits per heavy atom. The first kappa shape index (κ1) is 35.9. The highest BCUT2D eigenvalue weighted by atomic mass is 79.9. The van der Waals surface area contributed by atoms with Gasteiger partial charge >= 0.3 is 0 Å². The number of aromatic nitrogens is 1. The van der Waals surface area contributed by atoms with Gasteiger partial charge < -0.3 is 4.90 Å². The number of carbonyl (C=O) groups is 3. The second kappa shape index (κ2) is 17.1. The molecule has 226 valence electrons. The minimum Gasteiger partial charge on any atom is -0.366 e. The molecule has 0 radical (unpaired) electrons. The first-order valence-electron chi connectivity index (χ1n) is 13.6. The fraction of sp³-hybridized carbons (Fsp3) is 0.265. The predicted molar refractivity (Wildman–Crippen MR) is 187 cm³/mol. The van der Waals surface area contributed by atoms with Gasteiger partial charge in [-0.3, -0.25) is 14.4 Å². The number of nitrogens with zero attached hydrogens (tertiary/aromatic N) is 3. The van der Waals surface area contributed by atoms with Crippen molar-refractivity contribution >= 4 is 73.6 Å². The number of aliphatic imine (C=N–C) groups is 1. The highest BCUT2D eigenvalue weighted by molar-refractivity contribution is 9.09. The normalized spacial score (nSPS) is 10.5. The van der Waals surface area contributed by atoms with Crippen LogP contribution in [0.1, 0.15) is 66.2 Å². The SMILES string of the molecule is Br.CCN(C)C=Nc1cc(C)c(Cc2nc(C(=O)c3ccc(C)cc3)cs2)cc1C.Cc1ccc(C(=O)C(=O)CBr)cc1. The molecule has 0 amide bonds. The molecular formula is C34H37Br2N3O3S. The lowest BCUT2D eigenvalue weighted by Gasteiger charge is -2.11. The number of alkyl halides is 1. The fourth-order valence-electron chi connectivity index (χ4n) is 3.87. The van der Waals surface area contributed by atoms with Crippen molar-refractivity contribution in [3.05, 3.63) is 116 Å². The van der Waals surface area contributed by atoms with E-state index in [-0.39, 0.29) is 28.1 Å². The van der Waals surface area contributed by atoms with E-state index in [9.17, 15) is 14.4 Å². The summed E-state index contributed by atoms with van der Waals surface area (Å²) in [5.74, 6) is -0.870. The topological polar surface area (TPSA) is 79.7 Å². The molecule has 4 rings (SSSR count). The van der Waals surface area contributed by atoms with E-state index in [4.69, 9.17) is 0 Å². The van der Waals surface area contributed by atoms with Crippen LogP contribution >= 0.6 is 44.2 Å². The highest BCUT2D eigenvalue weighted by Crippen LogP contribution is 2.26. The summed E-state index contributed by atoms with van der Waals surface area (Å²) in [5.41, 5.74) is 8.39. The molecule has 0 N–H and O–H groups in total. The second-order valence-electron chi connectivity index (χ2n) is 10.1. The van der Waals surface area contributed by atoms with E-state index in [1.165, 1.54) is 22.5 Å². The van der Waals surface area contributed by atoms with Gasteiger partial charge in [-0.05, 0) is 57.4 Å². The maximum absolute atomic E-state index is 12.7. The smallest absolute Gasteiger partial charge is 0.229 e. The summed E-state index contributed by atoms with van der Waals surface area (Å²) in [7, 11) is 2.01. The van der Waals surface area contributed by atoms with Crippen LogP contribution in [-0.4, -0.2) is 52.5 Å². The lowest BCUT2D eigenvalue weighted by molar-refractivity contribution is -0.112. The van der Waals surface area contributed by atoms with Crippen LogP contribution < -0.4 is 0 Å². The lowest BCUT2D eigenvalue weighted by atomic mass is 10.0. The van der Waals surface area contributed by atoms with Gasteiger partial charge in [0.25, 0.3) is 0 Å². The molecule has 0 atom stereocenters. The van der Waals surface area contributed by atoms with Crippen molar-refractivity contribution in [2.45, 2.75) is 41.0 Å². The average Bonchev–Trinajstić information content (AvgIpc) is 3.46. The largest absolute Gasteiger partial charge is 0.366 e. The van der Waals surface area contributed by atoms with Crippen LogP contribution in [0.25, 0.3) is 0 Å². The number of rotatable bonds is 10. The Bertz CT molecular complexity index is 1580. The summed E-state index contributed by atoms with van der Waals surface area (Å²) in [6.07, 6.45) is 2.59. The summed E-state index contributed by atoms with van der Waals surface area (Å²) in [4.78, 5) is 46.2. The van der Waals surface area contributed by atoms with Crippen molar-refractivity contribution in [3.63, 3.8) is 0 Å². The highest BCUT2D eigenvalue weighted by Gasteiger charge is 2.15. The number of benzene rings is 3. The number of aryl methyl sites for hydroxylation is 4. The number of carbonyl (C=O) groups excluding carboxylic acids is 3. The molecule has 4 aromatic rings. The monoisotopic (exact) mass is 725 g/mol. The van der Waals surface area contributed by atoms with Gasteiger partial charge in [0.15, 0.2) is 0 Å². The number of hydrogen-bond acceptors (Lipinski definition) is 6. The number of halogens is 2. The summed E-state index contributed by atoms with van der Waals surface area (Å²) in [6, 6.07) is 18.9. The summed E-state index contributed by atoms with van der Waals surface area (Å²) >= 11 is 4.49. The third-order valence-corrected chi connectivity index (χ3v) is 8.03. The average molecular weight is 728 g/mol. The first-order valence-corrected chi connectivity index (χ1v) is 15.6. The van der Waals surface area contributed by atoms with Crippen molar-refractivity contribution in [3.8, 4) is 0 Å². The zero-order valence-electron chi connectivity index (χ0n) is 25.3. The summed E-state index contributed by atoms with van der Waals surface area (Å²) in [5, 5.41) is 2.89. The first-order chi connectivity index (χ1) is 20.0. The molecule has 1 aromatic heterocycles. The molecule has 0 spiro atoms. The van der Waals surface area contributed by atoms with Gasteiger partial charge in [-0.15, -0.1) is 28.3 Å². The van der Waals surface area contributed by atoms with Gasteiger partial charge in [0.05, 0.1) is 22.4 Å². The van der Waals surface area contributed by atoms with Crippen LogP contribution in [0.3, 0.4) is 0 Å². The molecule has 0 saturated heterocycles. The molecule has 0 fully saturated rings. The van der Waals surface area contributed by atoms with Crippen molar-refractivity contribution in [1.82, 2.24) is 9.88 Å². The molecule has 3 aromatic carbocycles. The predicted octanol–water partition coefficient (Wildman–Crippen LogP) is 8.22. The van der Waals surface area contributed by atoms with Gasteiger partial charge in [0, 0.05) is 36.5 Å². The summed E-state index contributed by atoms with van der Waals surface area (Å²) < 4.78 is 0. The van der Waals surface area contributed by atoms with E-state index >= 15 is 0 Å². The van der Waals surface area contributed by atoms with Crippen LogP contribution in [0.5, 0.6) is 0 Å². The lowest BCUT2D eigenvalue weighted by Crippen LogP contribution is -2.14. The number of thiazole rings is 1. The van der Waals surface area contributed by atoms with Crippen LogP contribution in [0, 0.1) is 27.7 Å². The van der Waals surface area contributed by atoms with E-state index in [0.29, 0.717) is 16.8 Å². The van der Waals surface area contributed by atoms with E-state index in [1.54, 1.807) is 12.1 Å². The van der Waals surface area contributed by atoms with Gasteiger partial charge in [0.1, 0.15) is 5.69 Å². The Morgan fingerprint density at radius 3 is 2.05 bits per heavy atom. The Hall–Kier alpha value is -3.27. The van der Waals surface area contributed by atoms with Crippen molar-refractivity contribution in [2.24, 2.45) is 4.99 Å². The molecule has 0 bridgehead atoms. The molecular weight excluding hydrogens is 690 g/mol. The summed E-state index contributed by atoms with van der Waals surface area (Å²) in [6.45, 7) is 11.1. The van der Waals surface area contributed by atoms with E-state index < -0.39 is 11.6 Å². The molecule has 43 heavy (non-hydrogen) atoms. The third-order valence-electron chi connectivity index (χ3n) is 6.68. The standard InChI is InChI=1S/C24H27N3OS.C10H9BrO2.BrH/c1-6-27(5)15-25-21-12-17(3)20(11-18(21)4)13-23-26-22(14-29-23)24(28)19-9-7-16(2)8-10-19;1-7-2-4-8(5-3-7)10(13)9(12)6-11;/h7-12,14-15H,6,13H2,1-5H3;2-5H,6H2,1H3;1H. The molecule has 0 saturated carbocycles. The van der Waals surface area contributed by atoms with Gasteiger partial charge in [-0.25, -0.2) is 9.98 Å². The van der Waals surface area contributed by atoms with E-state index in [2.05, 4.69) is 58.8 Å². The molecule has 0 aliphatic heterocycles. The minimum absolute atomic E-state index is 0. The van der Waals surface area contributed by atoms with Crippen LogP contribution in [-0.2, 0) is 11.2 Å². The molecule has 0 aliphatic carbocycles. The second-order valence-corrected chi connectivity index (χ2v) is 11.6.